The third kappa shape index (κ3) is 2.38. The lowest BCUT2D eigenvalue weighted by Crippen LogP contribution is -2.11. The number of rotatable bonds is 3. The molecule has 0 aliphatic rings. The molecule has 5 nitrogen and oxygen atoms in total. The molecule has 1 aromatic carbocycles. The molecule has 0 unspecified atom stereocenters. The quantitative estimate of drug-likeness (QED) is 0.628. The van der Waals surface area contributed by atoms with E-state index in [9.17, 15) is 4.39 Å². The van der Waals surface area contributed by atoms with E-state index >= 15 is 0 Å². The predicted molar refractivity (Wildman–Crippen MR) is 86.7 cm³/mol. The molecule has 1 atom stereocenters. The van der Waals surface area contributed by atoms with E-state index < -0.39 is 0 Å². The van der Waals surface area contributed by atoms with Crippen molar-refractivity contribution < 1.29 is 4.39 Å². The lowest BCUT2D eigenvalue weighted by Gasteiger charge is -2.15. The maximum atomic E-state index is 13.3. The Morgan fingerprint density at radius 1 is 1.13 bits per heavy atom. The Labute approximate surface area is 131 Å². The van der Waals surface area contributed by atoms with Crippen molar-refractivity contribution in [2.24, 2.45) is 0 Å². The Kier molecular flexibility index (Phi) is 3.15. The van der Waals surface area contributed by atoms with Gasteiger partial charge in [0.05, 0.1) is 11.6 Å². The molecule has 0 fully saturated rings. The van der Waals surface area contributed by atoms with E-state index in [1.165, 1.54) is 12.1 Å². The number of halogens is 1. The van der Waals surface area contributed by atoms with Crippen molar-refractivity contribution in [3.8, 4) is 0 Å². The first-order valence-corrected chi connectivity index (χ1v) is 7.33. The van der Waals surface area contributed by atoms with Gasteiger partial charge in [-0.15, -0.1) is 10.2 Å². The standard InChI is InChI=1S/C17H14FN5/c1-11(17-22-21-16-4-2-3-9-23(16)17)20-14-7-8-19-15-10-12(18)5-6-13(14)15/h2-11H,1H3,(H,19,20)/t11-/m1/s1. The average Bonchev–Trinajstić information content (AvgIpc) is 2.99. The molecule has 0 bridgehead atoms. The number of nitrogens with zero attached hydrogens (tertiary/aromatic N) is 4. The number of fused-ring (bicyclic) bond motifs is 2. The first kappa shape index (κ1) is 13.6. The second-order valence-corrected chi connectivity index (χ2v) is 5.37. The Morgan fingerprint density at radius 3 is 2.96 bits per heavy atom. The van der Waals surface area contributed by atoms with Gasteiger partial charge in [0.25, 0.3) is 0 Å². The second kappa shape index (κ2) is 5.31. The Hall–Kier alpha value is -3.02. The first-order chi connectivity index (χ1) is 11.2. The van der Waals surface area contributed by atoms with Gasteiger partial charge in [-0.1, -0.05) is 6.07 Å². The van der Waals surface area contributed by atoms with Crippen molar-refractivity contribution in [2.45, 2.75) is 13.0 Å². The number of anilines is 1. The van der Waals surface area contributed by atoms with Crippen molar-refractivity contribution >= 4 is 22.2 Å². The summed E-state index contributed by atoms with van der Waals surface area (Å²) in [6.45, 7) is 2.01. The highest BCUT2D eigenvalue weighted by Crippen LogP contribution is 2.26. The van der Waals surface area contributed by atoms with Gasteiger partial charge in [0.1, 0.15) is 5.82 Å². The molecule has 114 valence electrons. The Morgan fingerprint density at radius 2 is 2.04 bits per heavy atom. The topological polar surface area (TPSA) is 55.1 Å². The Balaban J connectivity index is 1.73. The van der Waals surface area contributed by atoms with Gasteiger partial charge in [0.2, 0.25) is 0 Å². The van der Waals surface area contributed by atoms with E-state index in [0.29, 0.717) is 5.52 Å². The van der Waals surface area contributed by atoms with E-state index in [2.05, 4.69) is 20.5 Å². The van der Waals surface area contributed by atoms with Gasteiger partial charge in [-0.2, -0.15) is 0 Å². The summed E-state index contributed by atoms with van der Waals surface area (Å²) in [7, 11) is 0. The number of aromatic nitrogens is 4. The first-order valence-electron chi connectivity index (χ1n) is 7.33. The van der Waals surface area contributed by atoms with Crippen LogP contribution in [0.15, 0.2) is 54.9 Å². The van der Waals surface area contributed by atoms with Crippen molar-refractivity contribution in [1.29, 1.82) is 0 Å². The molecule has 0 spiro atoms. The van der Waals surface area contributed by atoms with Crippen LogP contribution in [-0.2, 0) is 0 Å². The van der Waals surface area contributed by atoms with E-state index in [4.69, 9.17) is 0 Å². The zero-order chi connectivity index (χ0) is 15.8. The Bertz CT molecular complexity index is 995. The zero-order valence-corrected chi connectivity index (χ0v) is 12.4. The largest absolute Gasteiger partial charge is 0.375 e. The second-order valence-electron chi connectivity index (χ2n) is 5.37. The average molecular weight is 307 g/mol. The molecular formula is C17H14FN5. The van der Waals surface area contributed by atoms with E-state index in [-0.39, 0.29) is 11.9 Å². The molecular weight excluding hydrogens is 293 g/mol. The highest BCUT2D eigenvalue weighted by molar-refractivity contribution is 5.91. The summed E-state index contributed by atoms with van der Waals surface area (Å²) in [5.74, 6) is 0.520. The normalized spacial score (nSPS) is 12.6. The number of benzene rings is 1. The van der Waals surface area contributed by atoms with Crippen LogP contribution in [0.2, 0.25) is 0 Å². The van der Waals surface area contributed by atoms with Crippen LogP contribution >= 0.6 is 0 Å². The van der Waals surface area contributed by atoms with Gasteiger partial charge in [-0.25, -0.2) is 4.39 Å². The number of hydrogen-bond donors (Lipinski definition) is 1. The minimum atomic E-state index is -0.293. The van der Waals surface area contributed by atoms with E-state index in [0.717, 1.165) is 22.5 Å². The third-order valence-electron chi connectivity index (χ3n) is 3.80. The monoisotopic (exact) mass is 307 g/mol. The highest BCUT2D eigenvalue weighted by atomic mass is 19.1. The van der Waals surface area contributed by atoms with Crippen LogP contribution in [0.1, 0.15) is 18.8 Å². The summed E-state index contributed by atoms with van der Waals surface area (Å²) in [6.07, 6.45) is 3.60. The number of nitrogens with one attached hydrogen (secondary N) is 1. The van der Waals surface area contributed by atoms with Gasteiger partial charge in [0, 0.05) is 29.5 Å². The summed E-state index contributed by atoms with van der Waals surface area (Å²) < 4.78 is 15.3. The van der Waals surface area contributed by atoms with Crippen LogP contribution in [0.3, 0.4) is 0 Å². The summed E-state index contributed by atoms with van der Waals surface area (Å²) in [5, 5.41) is 12.7. The van der Waals surface area contributed by atoms with Gasteiger partial charge in [-0.3, -0.25) is 9.38 Å². The molecule has 4 rings (SSSR count). The maximum Gasteiger partial charge on any atom is 0.160 e. The number of pyridine rings is 2. The third-order valence-corrected chi connectivity index (χ3v) is 3.80. The van der Waals surface area contributed by atoms with Crippen molar-refractivity contribution in [3.05, 3.63) is 66.5 Å². The minimum absolute atomic E-state index is 0.0666. The van der Waals surface area contributed by atoms with Gasteiger partial charge in [-0.05, 0) is 37.3 Å². The smallest absolute Gasteiger partial charge is 0.160 e. The maximum absolute atomic E-state index is 13.3. The summed E-state index contributed by atoms with van der Waals surface area (Å²) >= 11 is 0. The predicted octanol–water partition coefficient (Wildman–Crippen LogP) is 3.59. The van der Waals surface area contributed by atoms with Crippen LogP contribution in [0, 0.1) is 5.82 Å². The molecule has 3 heterocycles. The van der Waals surface area contributed by atoms with Crippen LogP contribution in [0.25, 0.3) is 16.6 Å². The molecule has 0 amide bonds. The van der Waals surface area contributed by atoms with Crippen LogP contribution < -0.4 is 5.32 Å². The van der Waals surface area contributed by atoms with Gasteiger partial charge in [0.15, 0.2) is 11.5 Å². The van der Waals surface area contributed by atoms with Crippen molar-refractivity contribution in [3.63, 3.8) is 0 Å². The fourth-order valence-corrected chi connectivity index (χ4v) is 2.70. The molecule has 0 saturated heterocycles. The number of hydrogen-bond acceptors (Lipinski definition) is 4. The summed E-state index contributed by atoms with van der Waals surface area (Å²) in [4.78, 5) is 4.21. The molecule has 23 heavy (non-hydrogen) atoms. The molecule has 0 saturated carbocycles. The van der Waals surface area contributed by atoms with Crippen molar-refractivity contribution in [2.75, 3.05) is 5.32 Å². The molecule has 3 aromatic heterocycles. The fourth-order valence-electron chi connectivity index (χ4n) is 2.70. The SMILES string of the molecule is C[C@@H](Nc1ccnc2cc(F)ccc12)c1nnc2ccccn12. The molecule has 0 aliphatic carbocycles. The highest BCUT2D eigenvalue weighted by Gasteiger charge is 2.14. The molecule has 6 heteroatoms. The summed E-state index contributed by atoms with van der Waals surface area (Å²) in [6, 6.07) is 12.2. The summed E-state index contributed by atoms with van der Waals surface area (Å²) in [5.41, 5.74) is 2.31. The van der Waals surface area contributed by atoms with E-state index in [1.54, 1.807) is 12.3 Å². The van der Waals surface area contributed by atoms with Gasteiger partial charge < -0.3 is 5.32 Å². The van der Waals surface area contributed by atoms with E-state index in [1.807, 2.05) is 41.8 Å². The fraction of sp³-hybridized carbons (Fsp3) is 0.118. The van der Waals surface area contributed by atoms with Crippen LogP contribution in [0.5, 0.6) is 0 Å². The van der Waals surface area contributed by atoms with Crippen LogP contribution in [-0.4, -0.2) is 19.6 Å². The lowest BCUT2D eigenvalue weighted by molar-refractivity contribution is 0.629. The molecule has 0 radical (unpaired) electrons. The molecule has 1 N–H and O–H groups in total. The lowest BCUT2D eigenvalue weighted by atomic mass is 10.1. The zero-order valence-electron chi connectivity index (χ0n) is 12.4. The van der Waals surface area contributed by atoms with Crippen LogP contribution in [0.4, 0.5) is 10.1 Å². The van der Waals surface area contributed by atoms with Gasteiger partial charge >= 0.3 is 0 Å². The molecule has 4 aromatic rings. The molecule has 0 aliphatic heterocycles. The van der Waals surface area contributed by atoms with Crippen molar-refractivity contribution in [1.82, 2.24) is 19.6 Å². The minimum Gasteiger partial charge on any atom is -0.375 e.